The Labute approximate surface area is 135 Å². The first-order chi connectivity index (χ1) is 11.2. The van der Waals surface area contributed by atoms with E-state index in [0.29, 0.717) is 5.75 Å². The van der Waals surface area contributed by atoms with Gasteiger partial charge in [0.2, 0.25) is 12.7 Å². The van der Waals surface area contributed by atoms with Crippen LogP contribution in [0.4, 0.5) is 0 Å². The maximum absolute atomic E-state index is 12.5. The van der Waals surface area contributed by atoms with Crippen molar-refractivity contribution in [2.24, 2.45) is 5.73 Å². The molecular formula is C18H20N2O3. The van der Waals surface area contributed by atoms with Crippen LogP contribution in [0.3, 0.4) is 0 Å². The van der Waals surface area contributed by atoms with E-state index < -0.39 is 0 Å². The molecule has 1 heterocycles. The van der Waals surface area contributed by atoms with Crippen molar-refractivity contribution in [1.82, 2.24) is 5.32 Å². The molecule has 2 aromatic carbocycles. The number of carbonyl (C=O) groups is 1. The molecule has 23 heavy (non-hydrogen) atoms. The summed E-state index contributed by atoms with van der Waals surface area (Å²) in [6, 6.07) is 15.1. The molecule has 3 rings (SSSR count). The minimum absolute atomic E-state index is 0.0798. The van der Waals surface area contributed by atoms with Crippen LogP contribution in [0.25, 0.3) is 0 Å². The first kappa shape index (κ1) is 15.4. The van der Waals surface area contributed by atoms with Crippen LogP contribution in [0.1, 0.15) is 30.0 Å². The van der Waals surface area contributed by atoms with Crippen LogP contribution in [0.15, 0.2) is 48.5 Å². The third-order valence-electron chi connectivity index (χ3n) is 4.01. The molecule has 1 amide bonds. The largest absolute Gasteiger partial charge is 0.454 e. The standard InChI is InChI=1S/C18H20N2O3/c1-12(14-7-8-16-17(9-14)23-11-22-16)20-18(21)15(10-19)13-5-3-2-4-6-13/h2-9,12,15H,10-11,19H2,1H3,(H,20,21). The number of hydrogen-bond acceptors (Lipinski definition) is 4. The summed E-state index contributed by atoms with van der Waals surface area (Å²) in [6.07, 6.45) is 0. The molecule has 2 atom stereocenters. The number of nitrogens with one attached hydrogen (secondary N) is 1. The number of benzene rings is 2. The molecule has 0 aromatic heterocycles. The van der Waals surface area contributed by atoms with Gasteiger partial charge in [-0.05, 0) is 30.2 Å². The van der Waals surface area contributed by atoms with Crippen LogP contribution in [0.5, 0.6) is 11.5 Å². The fourth-order valence-corrected chi connectivity index (χ4v) is 2.66. The molecule has 5 nitrogen and oxygen atoms in total. The Morgan fingerprint density at radius 1 is 1.13 bits per heavy atom. The molecule has 0 spiro atoms. The minimum Gasteiger partial charge on any atom is -0.454 e. The quantitative estimate of drug-likeness (QED) is 0.889. The highest BCUT2D eigenvalue weighted by Crippen LogP contribution is 2.34. The van der Waals surface area contributed by atoms with Gasteiger partial charge in [0, 0.05) is 6.54 Å². The van der Waals surface area contributed by atoms with Crippen molar-refractivity contribution in [2.75, 3.05) is 13.3 Å². The van der Waals surface area contributed by atoms with E-state index in [4.69, 9.17) is 15.2 Å². The van der Waals surface area contributed by atoms with Gasteiger partial charge in [0.15, 0.2) is 11.5 Å². The first-order valence-corrected chi connectivity index (χ1v) is 7.64. The summed E-state index contributed by atoms with van der Waals surface area (Å²) in [4.78, 5) is 12.5. The smallest absolute Gasteiger partial charge is 0.231 e. The second-order valence-electron chi connectivity index (χ2n) is 5.54. The predicted octanol–water partition coefficient (Wildman–Crippen LogP) is 2.33. The monoisotopic (exact) mass is 312 g/mol. The molecule has 1 aliphatic heterocycles. The van der Waals surface area contributed by atoms with Crippen molar-refractivity contribution in [3.8, 4) is 11.5 Å². The highest BCUT2D eigenvalue weighted by atomic mass is 16.7. The van der Waals surface area contributed by atoms with Crippen molar-refractivity contribution in [3.63, 3.8) is 0 Å². The molecule has 0 saturated carbocycles. The number of ether oxygens (including phenoxy) is 2. The summed E-state index contributed by atoms with van der Waals surface area (Å²) in [5.74, 6) is 1.01. The lowest BCUT2D eigenvalue weighted by Gasteiger charge is -2.20. The van der Waals surface area contributed by atoms with E-state index in [9.17, 15) is 4.79 Å². The fraction of sp³-hybridized carbons (Fsp3) is 0.278. The average molecular weight is 312 g/mol. The zero-order chi connectivity index (χ0) is 16.2. The molecular weight excluding hydrogens is 292 g/mol. The summed E-state index contributed by atoms with van der Waals surface area (Å²) in [7, 11) is 0. The molecule has 5 heteroatoms. The number of carbonyl (C=O) groups excluding carboxylic acids is 1. The highest BCUT2D eigenvalue weighted by molar-refractivity contribution is 5.84. The number of fused-ring (bicyclic) bond motifs is 1. The van der Waals surface area contributed by atoms with Gasteiger partial charge in [-0.25, -0.2) is 0 Å². The van der Waals surface area contributed by atoms with Gasteiger partial charge < -0.3 is 20.5 Å². The average Bonchev–Trinajstić information content (AvgIpc) is 3.04. The van der Waals surface area contributed by atoms with E-state index in [1.54, 1.807) is 0 Å². The lowest BCUT2D eigenvalue weighted by molar-refractivity contribution is -0.123. The third-order valence-corrected chi connectivity index (χ3v) is 4.01. The van der Waals surface area contributed by atoms with E-state index in [0.717, 1.165) is 16.9 Å². The molecule has 120 valence electrons. The molecule has 0 radical (unpaired) electrons. The Hall–Kier alpha value is -2.53. The van der Waals surface area contributed by atoms with Gasteiger partial charge in [-0.1, -0.05) is 36.4 Å². The molecule has 0 fully saturated rings. The Bertz CT molecular complexity index is 688. The lowest BCUT2D eigenvalue weighted by atomic mass is 9.97. The Morgan fingerprint density at radius 2 is 1.87 bits per heavy atom. The normalized spacial score (nSPS) is 15.0. The van der Waals surface area contributed by atoms with Crippen molar-refractivity contribution in [1.29, 1.82) is 0 Å². The van der Waals surface area contributed by atoms with E-state index in [1.165, 1.54) is 0 Å². The zero-order valence-corrected chi connectivity index (χ0v) is 13.0. The zero-order valence-electron chi connectivity index (χ0n) is 13.0. The summed E-state index contributed by atoms with van der Waals surface area (Å²) >= 11 is 0. The Morgan fingerprint density at radius 3 is 2.61 bits per heavy atom. The fourth-order valence-electron chi connectivity index (χ4n) is 2.66. The third kappa shape index (κ3) is 3.29. The SMILES string of the molecule is CC(NC(=O)C(CN)c1ccccc1)c1ccc2c(c1)OCO2. The number of nitrogens with two attached hydrogens (primary N) is 1. The van der Waals surface area contributed by atoms with Crippen LogP contribution in [0, 0.1) is 0 Å². The number of amides is 1. The second kappa shape index (κ2) is 6.71. The predicted molar refractivity (Wildman–Crippen MR) is 87.4 cm³/mol. The highest BCUT2D eigenvalue weighted by Gasteiger charge is 2.22. The summed E-state index contributed by atoms with van der Waals surface area (Å²) in [5, 5.41) is 3.02. The second-order valence-corrected chi connectivity index (χ2v) is 5.54. The number of rotatable bonds is 5. The van der Waals surface area contributed by atoms with E-state index in [2.05, 4.69) is 5.32 Å². The number of hydrogen-bond donors (Lipinski definition) is 2. The maximum atomic E-state index is 12.5. The van der Waals surface area contributed by atoms with Gasteiger partial charge in [-0.2, -0.15) is 0 Å². The van der Waals surface area contributed by atoms with E-state index >= 15 is 0 Å². The van der Waals surface area contributed by atoms with Gasteiger partial charge >= 0.3 is 0 Å². The summed E-state index contributed by atoms with van der Waals surface area (Å²) in [5.41, 5.74) is 7.68. The minimum atomic E-state index is -0.354. The molecule has 2 unspecified atom stereocenters. The van der Waals surface area contributed by atoms with Gasteiger partial charge in [0.25, 0.3) is 0 Å². The van der Waals surface area contributed by atoms with Gasteiger partial charge in [-0.15, -0.1) is 0 Å². The molecule has 3 N–H and O–H groups in total. The Kier molecular flexibility index (Phi) is 4.48. The van der Waals surface area contributed by atoms with Crippen molar-refractivity contribution in [3.05, 3.63) is 59.7 Å². The van der Waals surface area contributed by atoms with Gasteiger partial charge in [0.05, 0.1) is 12.0 Å². The maximum Gasteiger partial charge on any atom is 0.231 e. The molecule has 0 saturated heterocycles. The van der Waals surface area contributed by atoms with Crippen LogP contribution < -0.4 is 20.5 Å². The Balaban J connectivity index is 1.71. The van der Waals surface area contributed by atoms with Crippen LogP contribution >= 0.6 is 0 Å². The molecule has 0 bridgehead atoms. The first-order valence-electron chi connectivity index (χ1n) is 7.64. The van der Waals surface area contributed by atoms with Crippen LogP contribution in [0.2, 0.25) is 0 Å². The summed E-state index contributed by atoms with van der Waals surface area (Å²) in [6.45, 7) is 2.44. The van der Waals surface area contributed by atoms with Crippen LogP contribution in [-0.4, -0.2) is 19.2 Å². The van der Waals surface area contributed by atoms with Gasteiger partial charge in [0.1, 0.15) is 0 Å². The van der Waals surface area contributed by atoms with E-state index in [-0.39, 0.29) is 31.2 Å². The molecule has 1 aliphatic rings. The molecule has 2 aromatic rings. The lowest BCUT2D eigenvalue weighted by Crippen LogP contribution is -2.35. The topological polar surface area (TPSA) is 73.6 Å². The van der Waals surface area contributed by atoms with Crippen molar-refractivity contribution in [2.45, 2.75) is 18.9 Å². The van der Waals surface area contributed by atoms with Gasteiger partial charge in [-0.3, -0.25) is 4.79 Å². The van der Waals surface area contributed by atoms with Crippen LogP contribution in [-0.2, 0) is 4.79 Å². The van der Waals surface area contributed by atoms with Crippen molar-refractivity contribution >= 4 is 5.91 Å². The van der Waals surface area contributed by atoms with E-state index in [1.807, 2.05) is 55.5 Å². The summed E-state index contributed by atoms with van der Waals surface area (Å²) < 4.78 is 10.7. The molecule has 0 aliphatic carbocycles. The van der Waals surface area contributed by atoms with Crippen molar-refractivity contribution < 1.29 is 14.3 Å².